The maximum Gasteiger partial charge on any atom is 0.193 e. The van der Waals surface area contributed by atoms with Crippen molar-refractivity contribution in [2.45, 2.75) is 57.7 Å². The lowest BCUT2D eigenvalue weighted by Crippen LogP contribution is -2.51. The minimum absolute atomic E-state index is 0.303. The normalized spacial score (nSPS) is 20.8. The smallest absolute Gasteiger partial charge is 0.193 e. The average molecular weight is 350 g/mol. The van der Waals surface area contributed by atoms with Crippen LogP contribution in [0.25, 0.3) is 0 Å². The highest BCUT2D eigenvalue weighted by Crippen LogP contribution is 2.29. The SMILES string of the molecule is CCNC(=NCCc1cn2c(n1)CCCC2)N1CCSC(C)(C)C1. The Morgan fingerprint density at radius 2 is 2.25 bits per heavy atom. The molecule has 3 rings (SSSR count). The second-order valence-electron chi connectivity index (χ2n) is 7.31. The molecule has 1 aromatic rings. The molecule has 0 atom stereocenters. The maximum absolute atomic E-state index is 4.88. The molecule has 0 spiro atoms. The Hall–Kier alpha value is -1.17. The number of nitrogens with zero attached hydrogens (tertiary/aromatic N) is 4. The number of fused-ring (bicyclic) bond motifs is 1. The van der Waals surface area contributed by atoms with E-state index < -0.39 is 0 Å². The molecule has 1 saturated heterocycles. The van der Waals surface area contributed by atoms with E-state index in [1.54, 1.807) is 0 Å². The van der Waals surface area contributed by atoms with Crippen LogP contribution in [-0.4, -0.2) is 57.1 Å². The first-order valence-corrected chi connectivity index (χ1v) is 10.3. The van der Waals surface area contributed by atoms with Gasteiger partial charge in [0.1, 0.15) is 5.82 Å². The van der Waals surface area contributed by atoms with Gasteiger partial charge in [0, 0.05) is 62.3 Å². The third-order valence-corrected chi connectivity index (χ3v) is 5.95. The van der Waals surface area contributed by atoms with Gasteiger partial charge in [0.25, 0.3) is 0 Å². The summed E-state index contributed by atoms with van der Waals surface area (Å²) in [4.78, 5) is 12.1. The highest BCUT2D eigenvalue weighted by atomic mass is 32.2. The predicted molar refractivity (Wildman–Crippen MR) is 103 cm³/mol. The predicted octanol–water partition coefficient (Wildman–Crippen LogP) is 2.55. The van der Waals surface area contributed by atoms with E-state index in [9.17, 15) is 0 Å². The van der Waals surface area contributed by atoms with E-state index in [2.05, 4.69) is 53.5 Å². The molecule has 0 saturated carbocycles. The maximum atomic E-state index is 4.88. The van der Waals surface area contributed by atoms with Gasteiger partial charge < -0.3 is 14.8 Å². The van der Waals surface area contributed by atoms with Crippen LogP contribution in [0.1, 0.15) is 45.1 Å². The van der Waals surface area contributed by atoms with Crippen LogP contribution in [0.5, 0.6) is 0 Å². The lowest BCUT2D eigenvalue weighted by atomic mass is 10.2. The molecule has 0 aromatic carbocycles. The van der Waals surface area contributed by atoms with E-state index in [0.717, 1.165) is 51.5 Å². The molecule has 134 valence electrons. The van der Waals surface area contributed by atoms with Crippen LogP contribution >= 0.6 is 11.8 Å². The zero-order valence-electron chi connectivity index (χ0n) is 15.3. The van der Waals surface area contributed by atoms with Crippen molar-refractivity contribution in [2.24, 2.45) is 4.99 Å². The number of nitrogens with one attached hydrogen (secondary N) is 1. The zero-order chi connectivity index (χ0) is 17.0. The van der Waals surface area contributed by atoms with Gasteiger partial charge in [-0.3, -0.25) is 4.99 Å². The van der Waals surface area contributed by atoms with E-state index in [-0.39, 0.29) is 0 Å². The molecule has 0 amide bonds. The third-order valence-electron chi connectivity index (χ3n) is 4.65. The number of thioether (sulfide) groups is 1. The van der Waals surface area contributed by atoms with Crippen LogP contribution in [0.15, 0.2) is 11.2 Å². The van der Waals surface area contributed by atoms with Crippen molar-refractivity contribution in [3.63, 3.8) is 0 Å². The molecule has 1 fully saturated rings. The Bertz CT molecular complexity index is 554. The van der Waals surface area contributed by atoms with Crippen LogP contribution in [0.3, 0.4) is 0 Å². The van der Waals surface area contributed by atoms with Crippen molar-refractivity contribution in [3.05, 3.63) is 17.7 Å². The first-order valence-electron chi connectivity index (χ1n) is 9.29. The quantitative estimate of drug-likeness (QED) is 0.670. The monoisotopic (exact) mass is 349 g/mol. The van der Waals surface area contributed by atoms with Gasteiger partial charge in [0.15, 0.2) is 5.96 Å². The number of hydrogen-bond donors (Lipinski definition) is 1. The van der Waals surface area contributed by atoms with E-state index >= 15 is 0 Å². The van der Waals surface area contributed by atoms with Gasteiger partial charge in [-0.2, -0.15) is 11.8 Å². The molecule has 6 heteroatoms. The van der Waals surface area contributed by atoms with Crippen molar-refractivity contribution >= 4 is 17.7 Å². The molecule has 2 aliphatic heterocycles. The minimum Gasteiger partial charge on any atom is -0.357 e. The minimum atomic E-state index is 0.303. The molecule has 0 radical (unpaired) electrons. The summed E-state index contributed by atoms with van der Waals surface area (Å²) in [5.74, 6) is 3.50. The first kappa shape index (κ1) is 17.6. The Kier molecular flexibility index (Phi) is 5.74. The molecule has 24 heavy (non-hydrogen) atoms. The van der Waals surface area contributed by atoms with E-state index in [1.165, 1.54) is 30.1 Å². The molecule has 2 aliphatic rings. The summed E-state index contributed by atoms with van der Waals surface area (Å²) < 4.78 is 2.63. The molecule has 5 nitrogen and oxygen atoms in total. The van der Waals surface area contributed by atoms with Gasteiger partial charge in [-0.25, -0.2) is 4.98 Å². The number of aromatic nitrogens is 2. The average Bonchev–Trinajstić information content (AvgIpc) is 2.96. The number of rotatable bonds is 4. The summed E-state index contributed by atoms with van der Waals surface area (Å²) >= 11 is 2.06. The van der Waals surface area contributed by atoms with Gasteiger partial charge in [-0.05, 0) is 33.6 Å². The van der Waals surface area contributed by atoms with Crippen molar-refractivity contribution in [1.29, 1.82) is 0 Å². The molecule has 1 aromatic heterocycles. The fourth-order valence-corrected chi connectivity index (χ4v) is 4.60. The third kappa shape index (κ3) is 4.47. The van der Waals surface area contributed by atoms with Gasteiger partial charge in [0.05, 0.1) is 5.69 Å². The highest BCUT2D eigenvalue weighted by molar-refractivity contribution is 8.00. The summed E-state index contributed by atoms with van der Waals surface area (Å²) in [7, 11) is 0. The Balaban J connectivity index is 1.60. The Morgan fingerprint density at radius 3 is 3.00 bits per heavy atom. The van der Waals surface area contributed by atoms with Gasteiger partial charge >= 0.3 is 0 Å². The fourth-order valence-electron chi connectivity index (χ4n) is 3.49. The van der Waals surface area contributed by atoms with Crippen LogP contribution in [0.2, 0.25) is 0 Å². The van der Waals surface area contributed by atoms with Crippen LogP contribution in [0, 0.1) is 0 Å². The second-order valence-corrected chi connectivity index (χ2v) is 9.12. The van der Waals surface area contributed by atoms with Crippen molar-refractivity contribution < 1.29 is 0 Å². The lowest BCUT2D eigenvalue weighted by Gasteiger charge is -2.39. The van der Waals surface area contributed by atoms with Crippen molar-refractivity contribution in [1.82, 2.24) is 19.8 Å². The second kappa shape index (κ2) is 7.81. The molecular weight excluding hydrogens is 318 g/mol. The van der Waals surface area contributed by atoms with Gasteiger partial charge in [-0.15, -0.1) is 0 Å². The van der Waals surface area contributed by atoms with E-state index in [0.29, 0.717) is 4.75 Å². The molecule has 1 N–H and O–H groups in total. The van der Waals surface area contributed by atoms with Crippen molar-refractivity contribution in [3.8, 4) is 0 Å². The number of aliphatic imine (C=N–C) groups is 1. The molecule has 0 aliphatic carbocycles. The number of guanidine groups is 1. The zero-order valence-corrected chi connectivity index (χ0v) is 16.2. The number of aryl methyl sites for hydroxylation is 2. The van der Waals surface area contributed by atoms with Crippen LogP contribution in [-0.2, 0) is 19.4 Å². The number of imidazole rings is 1. The van der Waals surface area contributed by atoms with Crippen LogP contribution < -0.4 is 5.32 Å². The summed E-state index contributed by atoms with van der Waals surface area (Å²) in [6.45, 7) is 11.8. The molecule has 0 bridgehead atoms. The Morgan fingerprint density at radius 1 is 1.38 bits per heavy atom. The van der Waals surface area contributed by atoms with Crippen LogP contribution in [0.4, 0.5) is 0 Å². The van der Waals surface area contributed by atoms with E-state index in [1.807, 2.05) is 0 Å². The highest BCUT2D eigenvalue weighted by Gasteiger charge is 2.28. The molecule has 3 heterocycles. The summed E-state index contributed by atoms with van der Waals surface area (Å²) in [5, 5.41) is 3.47. The fraction of sp³-hybridized carbons (Fsp3) is 0.778. The van der Waals surface area contributed by atoms with E-state index in [4.69, 9.17) is 9.98 Å². The van der Waals surface area contributed by atoms with Crippen molar-refractivity contribution in [2.75, 3.05) is 31.9 Å². The van der Waals surface area contributed by atoms with Gasteiger partial charge in [0.2, 0.25) is 0 Å². The molecular formula is C18H31N5S. The largest absolute Gasteiger partial charge is 0.357 e. The molecule has 0 unspecified atom stereocenters. The van der Waals surface area contributed by atoms with Gasteiger partial charge in [-0.1, -0.05) is 0 Å². The summed E-state index contributed by atoms with van der Waals surface area (Å²) in [6, 6.07) is 0. The number of hydrogen-bond acceptors (Lipinski definition) is 3. The standard InChI is InChI=1S/C18H31N5S/c1-4-19-17(23-11-12-24-18(2,3)14-23)20-9-8-15-13-22-10-6-5-7-16(22)21-15/h13H,4-12,14H2,1-3H3,(H,19,20). The topological polar surface area (TPSA) is 45.5 Å². The summed E-state index contributed by atoms with van der Waals surface area (Å²) in [6.07, 6.45) is 6.86. The first-order chi connectivity index (χ1) is 11.6. The lowest BCUT2D eigenvalue weighted by molar-refractivity contribution is 0.376. The Labute approximate surface area is 150 Å². The summed E-state index contributed by atoms with van der Waals surface area (Å²) in [5.41, 5.74) is 1.20.